The Morgan fingerprint density at radius 3 is 0.803 bits per heavy atom. The molecule has 0 heterocycles. The second-order valence-electron chi connectivity index (χ2n) is 14.9. The van der Waals surface area contributed by atoms with Crippen LogP contribution in [0.4, 0.5) is 61.7 Å². The summed E-state index contributed by atoms with van der Waals surface area (Å²) in [5.41, 5.74) is 2.66. The summed E-state index contributed by atoms with van der Waals surface area (Å²) in [6.45, 7) is 0. The van der Waals surface area contributed by atoms with Crippen molar-refractivity contribution in [3.63, 3.8) is 0 Å². The van der Waals surface area contributed by atoms with Gasteiger partial charge in [-0.1, -0.05) is 12.1 Å². The number of carbonyl (C=O) groups is 1. The fraction of sp³-hybridized carbons (Fsp3) is 0. The molecule has 2 amide bonds. The van der Waals surface area contributed by atoms with Gasteiger partial charge in [0.15, 0.2) is 0 Å². The van der Waals surface area contributed by atoms with Crippen molar-refractivity contribution in [2.75, 3.05) is 10.6 Å². The summed E-state index contributed by atoms with van der Waals surface area (Å²) < 4.78 is 139. The summed E-state index contributed by atoms with van der Waals surface area (Å²) in [7, 11) is -19.1. The predicted molar refractivity (Wildman–Crippen MR) is 255 cm³/mol. The number of hydrogen-bond acceptors (Lipinski definition) is 21. The number of amides is 2. The third-order valence-corrected chi connectivity index (χ3v) is 13.4. The van der Waals surface area contributed by atoms with Crippen LogP contribution in [0, 0.1) is 0 Å². The molecule has 0 unspecified atom stereocenters. The largest absolute Gasteiger partial charge is 1.00 e. The van der Waals surface area contributed by atoms with Crippen LogP contribution < -0.4 is 86.1 Å². The minimum Gasteiger partial charge on any atom is -0.744 e. The first-order chi connectivity index (χ1) is 34.1. The van der Waals surface area contributed by atoms with E-state index in [2.05, 4.69) is 51.5 Å². The molecule has 0 aliphatic carbocycles. The maximum atomic E-state index is 12.9. The first-order valence-corrected chi connectivity index (χ1v) is 25.8. The number of azo groups is 4. The predicted octanol–water partition coefficient (Wildman–Crippen LogP) is -1.07. The molecule has 8 aromatic carbocycles. The van der Waals surface area contributed by atoms with E-state index in [0.717, 1.165) is 48.5 Å². The van der Waals surface area contributed by atoms with Crippen molar-refractivity contribution in [3.8, 4) is 0 Å². The van der Waals surface area contributed by atoms with E-state index in [9.17, 15) is 56.7 Å². The maximum Gasteiger partial charge on any atom is 1.00 e. The summed E-state index contributed by atoms with van der Waals surface area (Å²) >= 11 is 0. The molecular weight excluding hydrogens is 1040 g/mol. The van der Waals surface area contributed by atoms with Crippen molar-refractivity contribution in [2.45, 2.75) is 19.6 Å². The van der Waals surface area contributed by atoms with Gasteiger partial charge in [-0.15, -0.1) is 20.5 Å². The Bertz CT molecular complexity index is 3790. The van der Waals surface area contributed by atoms with E-state index in [1.807, 2.05) is 0 Å². The van der Waals surface area contributed by atoms with E-state index >= 15 is 0 Å². The second-order valence-corrected chi connectivity index (χ2v) is 20.4. The molecular formula is C45H28Li4N10O13S4. The third kappa shape index (κ3) is 16.0. The molecule has 31 heteroatoms. The molecule has 8 aromatic rings. The number of fused-ring (bicyclic) bond motifs is 2. The first-order valence-electron chi connectivity index (χ1n) is 20.2. The Morgan fingerprint density at radius 1 is 0.303 bits per heavy atom. The van der Waals surface area contributed by atoms with Crippen molar-refractivity contribution in [2.24, 2.45) is 40.9 Å². The Balaban J connectivity index is 0.00000312. The van der Waals surface area contributed by atoms with Crippen molar-refractivity contribution < 1.29 is 132 Å². The van der Waals surface area contributed by atoms with Crippen LogP contribution in [0.15, 0.2) is 218 Å². The number of anilines is 2. The van der Waals surface area contributed by atoms with Gasteiger partial charge in [0.2, 0.25) is 0 Å². The topological polar surface area (TPSA) is 369 Å². The summed E-state index contributed by atoms with van der Waals surface area (Å²) in [5, 5.41) is 39.9. The Morgan fingerprint density at radius 2 is 0.539 bits per heavy atom. The summed E-state index contributed by atoms with van der Waals surface area (Å²) in [5.74, 6) is 0. The molecule has 76 heavy (non-hydrogen) atoms. The van der Waals surface area contributed by atoms with E-state index in [-0.39, 0.29) is 120 Å². The SMILES string of the molecule is O=C(Nc1ccc(N=Nc2ccc(N=Nc3ccc(S(=O)(=O)[O-])cc3)c3cc(S(=O)(=O)[O-])ccc23)cc1)Nc1ccc(N=Nc2ccc(N=Nc3ccc(S(=O)(=O)[O-])cc3)c3cc(S(=O)(=O)[O-])ccc23)cc1.[Li+].[Li+].[Li+].[Li+]. The van der Waals surface area contributed by atoms with Crippen molar-refractivity contribution in [1.82, 2.24) is 0 Å². The molecule has 0 bridgehead atoms. The van der Waals surface area contributed by atoms with Crippen LogP contribution in [0.1, 0.15) is 0 Å². The van der Waals surface area contributed by atoms with E-state index in [4.69, 9.17) is 0 Å². The molecule has 23 nitrogen and oxygen atoms in total. The fourth-order valence-electron chi connectivity index (χ4n) is 6.57. The van der Waals surface area contributed by atoms with Crippen LogP contribution in [-0.2, 0) is 40.5 Å². The van der Waals surface area contributed by atoms with Gasteiger partial charge in [0.1, 0.15) is 40.5 Å². The van der Waals surface area contributed by atoms with Crippen LogP contribution in [0.25, 0.3) is 21.5 Å². The number of hydrogen-bond donors (Lipinski definition) is 2. The number of carbonyl (C=O) groups excluding carboxylic acids is 1. The fourth-order valence-corrected chi connectivity index (χ4v) is 8.51. The molecule has 0 spiro atoms. The molecule has 0 fully saturated rings. The molecule has 0 saturated heterocycles. The quantitative estimate of drug-likeness (QED) is 0.0746. The average Bonchev–Trinajstić information content (AvgIpc) is 3.33. The number of rotatable bonds is 14. The molecule has 0 saturated carbocycles. The van der Waals surface area contributed by atoms with Gasteiger partial charge >= 0.3 is 81.5 Å². The zero-order valence-corrected chi connectivity index (χ0v) is 43.3. The smallest absolute Gasteiger partial charge is 0.744 e. The number of urea groups is 1. The van der Waals surface area contributed by atoms with E-state index < -0.39 is 66.1 Å². The minimum atomic E-state index is -4.87. The molecule has 0 aliphatic rings. The molecule has 0 aromatic heterocycles. The van der Waals surface area contributed by atoms with Gasteiger partial charge in [-0.2, -0.15) is 20.5 Å². The minimum absolute atomic E-state index is 0. The van der Waals surface area contributed by atoms with Crippen molar-refractivity contribution in [3.05, 3.63) is 158 Å². The van der Waals surface area contributed by atoms with Crippen LogP contribution in [0.3, 0.4) is 0 Å². The number of nitrogens with zero attached hydrogens (tertiary/aromatic N) is 8. The van der Waals surface area contributed by atoms with E-state index in [0.29, 0.717) is 33.5 Å². The van der Waals surface area contributed by atoms with E-state index in [1.54, 1.807) is 48.5 Å². The Labute approximate surface area is 481 Å². The van der Waals surface area contributed by atoms with Gasteiger partial charge in [-0.05, 0) is 146 Å². The third-order valence-electron chi connectivity index (χ3n) is 10.1. The van der Waals surface area contributed by atoms with Gasteiger partial charge in [0.25, 0.3) is 0 Å². The van der Waals surface area contributed by atoms with Gasteiger partial charge in [0, 0.05) is 32.9 Å². The summed E-state index contributed by atoms with van der Waals surface area (Å²) in [6, 6.07) is 34.3. The molecule has 2 N–H and O–H groups in total. The monoisotopic (exact) mass is 1070 g/mol. The number of benzene rings is 8. The standard InChI is InChI=1S/C45H32N10O13S4.4Li/c56-45(46-27-1-5-29(6-2-27)48-52-41-21-23-43(39-25-35(71(63,64)65)17-19-37(39)41)54-50-31-9-13-33(14-10-31)69(57,58)59)47-28-3-7-30(8-4-28)49-53-42-22-24-44(40-26-36(72(66,67)68)18-20-38(40)42)55-51-32-11-15-34(16-12-32)70(60,61)62;;;;/h1-26H,(H2,46,47,56)(H,57,58,59)(H,60,61,62)(H,63,64,65)(H,66,67,68);;;;/q;4*+1/p-4. The second kappa shape index (κ2) is 25.9. The van der Waals surface area contributed by atoms with Crippen molar-refractivity contribution >= 4 is 125 Å². The zero-order valence-electron chi connectivity index (χ0n) is 40.0. The molecule has 0 radical (unpaired) electrons. The molecule has 8 rings (SSSR count). The van der Waals surface area contributed by atoms with Crippen molar-refractivity contribution in [1.29, 1.82) is 0 Å². The summed E-state index contributed by atoms with van der Waals surface area (Å²) in [6.07, 6.45) is 0. The average molecular weight is 1070 g/mol. The van der Waals surface area contributed by atoms with Crippen LogP contribution in [0.2, 0.25) is 0 Å². The van der Waals surface area contributed by atoms with Gasteiger partial charge in [-0.3, -0.25) is 0 Å². The van der Waals surface area contributed by atoms with Crippen LogP contribution in [-0.4, -0.2) is 57.9 Å². The van der Waals surface area contributed by atoms with Crippen LogP contribution >= 0.6 is 0 Å². The Hall–Kier alpha value is -6.02. The van der Waals surface area contributed by atoms with Crippen LogP contribution in [0.5, 0.6) is 0 Å². The Kier molecular flexibility index (Phi) is 21.3. The molecule has 0 aliphatic heterocycles. The zero-order chi connectivity index (χ0) is 51.4. The maximum absolute atomic E-state index is 12.9. The van der Waals surface area contributed by atoms with E-state index in [1.165, 1.54) is 60.7 Å². The normalized spacial score (nSPS) is 12.1. The first kappa shape index (κ1) is 62.5. The van der Waals surface area contributed by atoms with Gasteiger partial charge in [0.05, 0.1) is 65.1 Å². The molecule has 0 atom stereocenters. The molecule has 364 valence electrons. The number of nitrogens with one attached hydrogen (secondary N) is 2. The van der Waals surface area contributed by atoms with Gasteiger partial charge in [-0.25, -0.2) is 38.5 Å². The summed E-state index contributed by atoms with van der Waals surface area (Å²) in [4.78, 5) is 10.9. The van der Waals surface area contributed by atoms with Gasteiger partial charge < -0.3 is 28.8 Å².